The SMILES string of the molecule is CCCCCCCCCCCCCC[n+]1ccn(CCC)c1CCCCCCCCCC. The highest BCUT2D eigenvalue weighted by Gasteiger charge is 2.15. The van der Waals surface area contributed by atoms with Crippen LogP contribution in [0.25, 0.3) is 0 Å². The van der Waals surface area contributed by atoms with Gasteiger partial charge in [-0.2, -0.15) is 0 Å². The number of hydrogen-bond acceptors (Lipinski definition) is 0. The van der Waals surface area contributed by atoms with Crippen LogP contribution in [0.3, 0.4) is 0 Å². The van der Waals surface area contributed by atoms with Crippen LogP contribution in [0.2, 0.25) is 0 Å². The van der Waals surface area contributed by atoms with Crippen molar-refractivity contribution in [2.45, 2.75) is 175 Å². The molecular formula is C30H59N2+. The Balaban J connectivity index is 2.14. The first-order chi connectivity index (χ1) is 15.8. The molecule has 0 aliphatic rings. The summed E-state index contributed by atoms with van der Waals surface area (Å²) in [4.78, 5) is 0. The third kappa shape index (κ3) is 15.1. The second-order valence-corrected chi connectivity index (χ2v) is 10.2. The van der Waals surface area contributed by atoms with Crippen LogP contribution in [0, 0.1) is 0 Å². The lowest BCUT2D eigenvalue weighted by Gasteiger charge is -2.06. The van der Waals surface area contributed by atoms with Gasteiger partial charge in [-0.1, -0.05) is 130 Å². The molecule has 0 amide bonds. The van der Waals surface area contributed by atoms with Crippen LogP contribution < -0.4 is 4.57 Å². The number of aryl methyl sites for hydroxylation is 2. The third-order valence-electron chi connectivity index (χ3n) is 7.06. The second kappa shape index (κ2) is 22.0. The number of hydrogen-bond donors (Lipinski definition) is 0. The van der Waals surface area contributed by atoms with Gasteiger partial charge in [0.05, 0.1) is 13.1 Å². The number of rotatable bonds is 24. The van der Waals surface area contributed by atoms with Crippen LogP contribution in [0.15, 0.2) is 12.4 Å². The molecule has 0 N–H and O–H groups in total. The molecule has 0 saturated carbocycles. The molecule has 1 heterocycles. The maximum absolute atomic E-state index is 2.58. The monoisotopic (exact) mass is 447 g/mol. The molecule has 0 spiro atoms. The number of nitrogens with zero attached hydrogens (tertiary/aromatic N) is 2. The molecule has 0 radical (unpaired) electrons. The summed E-state index contributed by atoms with van der Waals surface area (Å²) >= 11 is 0. The van der Waals surface area contributed by atoms with E-state index >= 15 is 0 Å². The second-order valence-electron chi connectivity index (χ2n) is 10.2. The van der Waals surface area contributed by atoms with Crippen LogP contribution >= 0.6 is 0 Å². The summed E-state index contributed by atoms with van der Waals surface area (Å²) in [6.45, 7) is 9.31. The first-order valence-electron chi connectivity index (χ1n) is 14.9. The van der Waals surface area contributed by atoms with Crippen molar-refractivity contribution in [3.63, 3.8) is 0 Å². The minimum atomic E-state index is 1.18. The van der Waals surface area contributed by atoms with E-state index in [2.05, 4.69) is 42.3 Å². The summed E-state index contributed by atoms with van der Waals surface area (Å²) in [7, 11) is 0. The molecular weight excluding hydrogens is 388 g/mol. The first-order valence-corrected chi connectivity index (χ1v) is 14.9. The molecule has 1 aromatic rings. The summed E-state index contributed by atoms with van der Waals surface area (Å²) < 4.78 is 5.11. The fourth-order valence-corrected chi connectivity index (χ4v) is 4.97. The largest absolute Gasteiger partial charge is 0.256 e. The molecule has 1 aromatic heterocycles. The van der Waals surface area contributed by atoms with Crippen molar-refractivity contribution >= 4 is 0 Å². The molecule has 2 heteroatoms. The Morgan fingerprint density at radius 2 is 0.969 bits per heavy atom. The average molecular weight is 448 g/mol. The van der Waals surface area contributed by atoms with Gasteiger partial charge in [-0.3, -0.25) is 0 Å². The predicted molar refractivity (Wildman–Crippen MR) is 142 cm³/mol. The summed E-state index contributed by atoms with van der Waals surface area (Å²) in [5.41, 5.74) is 0. The lowest BCUT2D eigenvalue weighted by molar-refractivity contribution is -0.704. The van der Waals surface area contributed by atoms with E-state index in [0.29, 0.717) is 0 Å². The van der Waals surface area contributed by atoms with Gasteiger partial charge >= 0.3 is 0 Å². The Hall–Kier alpha value is -0.790. The van der Waals surface area contributed by atoms with E-state index in [-0.39, 0.29) is 0 Å². The molecule has 0 bridgehead atoms. The fraction of sp³-hybridized carbons (Fsp3) is 0.900. The molecule has 0 aliphatic carbocycles. The smallest absolute Gasteiger partial charge is 0.234 e. The zero-order valence-electron chi connectivity index (χ0n) is 22.5. The van der Waals surface area contributed by atoms with E-state index in [1.54, 1.807) is 5.82 Å². The van der Waals surface area contributed by atoms with Crippen molar-refractivity contribution in [2.24, 2.45) is 0 Å². The molecule has 2 nitrogen and oxygen atoms in total. The van der Waals surface area contributed by atoms with Crippen LogP contribution in [0.5, 0.6) is 0 Å². The lowest BCUT2D eigenvalue weighted by atomic mass is 10.1. The molecule has 0 aliphatic heterocycles. The van der Waals surface area contributed by atoms with Gasteiger partial charge in [-0.05, 0) is 25.7 Å². The molecule has 0 fully saturated rings. The van der Waals surface area contributed by atoms with Crippen LogP contribution in [0.4, 0.5) is 0 Å². The Labute approximate surface area is 202 Å². The zero-order chi connectivity index (χ0) is 23.1. The fourth-order valence-electron chi connectivity index (χ4n) is 4.97. The Morgan fingerprint density at radius 3 is 1.44 bits per heavy atom. The van der Waals surface area contributed by atoms with Gasteiger partial charge in [0.1, 0.15) is 12.4 Å². The van der Waals surface area contributed by atoms with Crippen molar-refractivity contribution < 1.29 is 4.57 Å². The molecule has 32 heavy (non-hydrogen) atoms. The Kier molecular flexibility index (Phi) is 20.1. The molecule has 0 atom stereocenters. The van der Waals surface area contributed by atoms with Gasteiger partial charge < -0.3 is 0 Å². The Bertz CT molecular complexity index is 505. The number of imidazole rings is 1. The zero-order valence-corrected chi connectivity index (χ0v) is 22.5. The first kappa shape index (κ1) is 29.2. The van der Waals surface area contributed by atoms with Crippen molar-refractivity contribution in [1.82, 2.24) is 4.57 Å². The lowest BCUT2D eigenvalue weighted by Crippen LogP contribution is -2.37. The van der Waals surface area contributed by atoms with Crippen molar-refractivity contribution in [1.29, 1.82) is 0 Å². The molecule has 0 unspecified atom stereocenters. The Morgan fingerprint density at radius 1 is 0.531 bits per heavy atom. The topological polar surface area (TPSA) is 8.81 Å². The summed E-state index contributed by atoms with van der Waals surface area (Å²) in [5, 5.41) is 0. The highest BCUT2D eigenvalue weighted by molar-refractivity contribution is 4.84. The number of aromatic nitrogens is 2. The van der Waals surface area contributed by atoms with Crippen molar-refractivity contribution in [3.8, 4) is 0 Å². The van der Waals surface area contributed by atoms with Crippen LogP contribution in [0.1, 0.15) is 161 Å². The van der Waals surface area contributed by atoms with Gasteiger partial charge in [-0.25, -0.2) is 9.13 Å². The summed E-state index contributed by atoms with van der Waals surface area (Å²) in [6, 6.07) is 0. The van der Waals surface area contributed by atoms with Gasteiger partial charge in [-0.15, -0.1) is 0 Å². The van der Waals surface area contributed by atoms with E-state index < -0.39 is 0 Å². The van der Waals surface area contributed by atoms with E-state index in [1.807, 2.05) is 0 Å². The quantitative estimate of drug-likeness (QED) is 0.110. The average Bonchev–Trinajstić information content (AvgIpc) is 3.18. The summed E-state index contributed by atoms with van der Waals surface area (Å²) in [5.74, 6) is 1.58. The standard InChI is InChI=1S/C30H59N2/c1-4-7-9-11-13-15-16-17-18-20-22-24-27-32-29-28-31(26-6-3)30(32)25-23-21-19-14-12-10-8-5-2/h28-29H,4-27H2,1-3H3/q+1. The summed E-state index contributed by atoms with van der Waals surface area (Å²) in [6.07, 6.45) is 35.7. The van der Waals surface area contributed by atoms with Crippen molar-refractivity contribution in [2.75, 3.05) is 0 Å². The van der Waals surface area contributed by atoms with E-state index in [9.17, 15) is 0 Å². The molecule has 1 rings (SSSR count). The molecule has 0 saturated heterocycles. The normalized spacial score (nSPS) is 11.5. The van der Waals surface area contributed by atoms with E-state index in [0.717, 1.165) is 0 Å². The maximum Gasteiger partial charge on any atom is 0.256 e. The van der Waals surface area contributed by atoms with Gasteiger partial charge in [0, 0.05) is 6.42 Å². The predicted octanol–water partition coefficient (Wildman–Crippen LogP) is 9.57. The van der Waals surface area contributed by atoms with Crippen LogP contribution in [-0.4, -0.2) is 4.57 Å². The maximum atomic E-state index is 2.58. The molecule has 0 aromatic carbocycles. The van der Waals surface area contributed by atoms with E-state index in [1.165, 1.54) is 154 Å². The minimum Gasteiger partial charge on any atom is -0.234 e. The van der Waals surface area contributed by atoms with E-state index in [4.69, 9.17) is 0 Å². The van der Waals surface area contributed by atoms with Crippen LogP contribution in [-0.2, 0) is 19.5 Å². The van der Waals surface area contributed by atoms with Gasteiger partial charge in [0.2, 0.25) is 0 Å². The molecule has 188 valence electrons. The minimum absolute atomic E-state index is 1.18. The van der Waals surface area contributed by atoms with Crippen molar-refractivity contribution in [3.05, 3.63) is 18.2 Å². The number of unbranched alkanes of at least 4 members (excludes halogenated alkanes) is 18. The highest BCUT2D eigenvalue weighted by Crippen LogP contribution is 2.13. The van der Waals surface area contributed by atoms with Gasteiger partial charge in [0.25, 0.3) is 5.82 Å². The van der Waals surface area contributed by atoms with Gasteiger partial charge in [0.15, 0.2) is 0 Å². The highest BCUT2D eigenvalue weighted by atomic mass is 15.1. The third-order valence-corrected chi connectivity index (χ3v) is 7.06.